The van der Waals surface area contributed by atoms with E-state index in [1.807, 2.05) is 27.7 Å². The van der Waals surface area contributed by atoms with E-state index >= 15 is 0 Å². The number of benzene rings is 1. The van der Waals surface area contributed by atoms with Gasteiger partial charge in [-0.25, -0.2) is 0 Å². The Bertz CT molecular complexity index is 789. The van der Waals surface area contributed by atoms with Crippen LogP contribution in [0.5, 0.6) is 11.5 Å². The molecule has 1 aromatic carbocycles. The van der Waals surface area contributed by atoms with Gasteiger partial charge in [-0.2, -0.15) is 0 Å². The van der Waals surface area contributed by atoms with Crippen molar-refractivity contribution in [3.05, 3.63) is 23.8 Å². The van der Waals surface area contributed by atoms with Crippen molar-refractivity contribution in [1.82, 2.24) is 0 Å². The van der Waals surface area contributed by atoms with Crippen LogP contribution in [0.25, 0.3) is 0 Å². The lowest BCUT2D eigenvalue weighted by atomic mass is 9.86. The van der Waals surface area contributed by atoms with Crippen molar-refractivity contribution in [3.8, 4) is 11.5 Å². The Morgan fingerprint density at radius 1 is 1.03 bits per heavy atom. The zero-order chi connectivity index (χ0) is 22.7. The molecule has 0 spiro atoms. The molecule has 0 radical (unpaired) electrons. The molecule has 0 amide bonds. The number of hydrogen-bond acceptors (Lipinski definition) is 9. The first-order valence-corrected chi connectivity index (χ1v) is 11.4. The lowest BCUT2D eigenvalue weighted by molar-refractivity contribution is -0.249. The van der Waals surface area contributed by atoms with E-state index in [-0.39, 0.29) is 5.41 Å². The summed E-state index contributed by atoms with van der Waals surface area (Å²) >= 11 is 0. The molecule has 0 N–H and O–H groups in total. The van der Waals surface area contributed by atoms with Crippen LogP contribution in [-0.2, 0) is 39.0 Å². The van der Waals surface area contributed by atoms with Crippen molar-refractivity contribution in [2.24, 2.45) is 5.41 Å². The zero-order valence-electron chi connectivity index (χ0n) is 18.3. The van der Waals surface area contributed by atoms with Crippen LogP contribution in [0.2, 0.25) is 0 Å². The minimum atomic E-state index is -4.08. The van der Waals surface area contributed by atoms with Gasteiger partial charge in [0.1, 0.15) is 11.5 Å². The molecule has 1 aliphatic rings. The molecule has 0 bridgehead atoms. The highest BCUT2D eigenvalue weighted by molar-refractivity contribution is 6.65. The second kappa shape index (κ2) is 8.64. The molecule has 0 aliphatic carbocycles. The maximum absolute atomic E-state index is 11.5. The fourth-order valence-corrected chi connectivity index (χ4v) is 4.62. The average molecular weight is 441 g/mol. The fourth-order valence-electron chi connectivity index (χ4n) is 2.66. The highest BCUT2D eigenvalue weighted by atomic mass is 28.4. The fraction of sp³-hybridized carbons (Fsp3) is 0.550. The van der Waals surface area contributed by atoms with Gasteiger partial charge >= 0.3 is 8.80 Å². The van der Waals surface area contributed by atoms with Gasteiger partial charge in [-0.3, -0.25) is 14.4 Å². The van der Waals surface area contributed by atoms with Crippen molar-refractivity contribution >= 4 is 26.7 Å². The summed E-state index contributed by atoms with van der Waals surface area (Å²) in [6.45, 7) is 11.6. The van der Waals surface area contributed by atoms with E-state index in [9.17, 15) is 14.4 Å². The number of ether oxygens (including phenoxy) is 3. The number of carbonyl (C=O) groups is 3. The van der Waals surface area contributed by atoms with E-state index in [0.29, 0.717) is 18.1 Å². The molecule has 1 unspecified atom stereocenters. The number of rotatable bonds is 6. The summed E-state index contributed by atoms with van der Waals surface area (Å²) in [5, 5.41) is 0. The van der Waals surface area contributed by atoms with E-state index in [4.69, 9.17) is 27.5 Å². The maximum Gasteiger partial charge on any atom is 0.745 e. The summed E-state index contributed by atoms with van der Waals surface area (Å²) < 4.78 is 33.0. The van der Waals surface area contributed by atoms with Crippen molar-refractivity contribution < 1.29 is 41.9 Å². The monoisotopic (exact) mass is 440 g/mol. The molecule has 9 nitrogen and oxygen atoms in total. The molecule has 1 atom stereocenters. The summed E-state index contributed by atoms with van der Waals surface area (Å²) in [5.41, 5.74) is 0.511. The third-order valence-electron chi connectivity index (χ3n) is 4.52. The van der Waals surface area contributed by atoms with Crippen LogP contribution in [0.4, 0.5) is 0 Å². The van der Waals surface area contributed by atoms with Gasteiger partial charge in [-0.05, 0) is 18.2 Å². The van der Waals surface area contributed by atoms with E-state index < -0.39 is 38.7 Å². The second-order valence-corrected chi connectivity index (χ2v) is 10.4. The average Bonchev–Trinajstić information content (AvgIpc) is 2.57. The van der Waals surface area contributed by atoms with Gasteiger partial charge in [0.25, 0.3) is 17.9 Å². The molecular weight excluding hydrogens is 412 g/mol. The van der Waals surface area contributed by atoms with Gasteiger partial charge in [0, 0.05) is 38.7 Å². The van der Waals surface area contributed by atoms with Gasteiger partial charge in [-0.1, -0.05) is 20.8 Å². The molecule has 1 aliphatic heterocycles. The topological polar surface area (TPSA) is 107 Å². The lowest BCUT2D eigenvalue weighted by Gasteiger charge is -2.44. The molecule has 1 heterocycles. The number of fused-ring (bicyclic) bond motifs is 1. The van der Waals surface area contributed by atoms with E-state index in [0.717, 1.165) is 26.3 Å². The van der Waals surface area contributed by atoms with E-state index in [2.05, 4.69) is 0 Å². The normalized spacial score (nSPS) is 18.5. The SMILES string of the molecule is CC(=O)O[Si](COc1ccc2c(c1)COC(C)(C(C)(C)C)O2)(OC(C)=O)OC(C)=O. The van der Waals surface area contributed by atoms with Gasteiger partial charge in [-0.15, -0.1) is 0 Å². The van der Waals surface area contributed by atoms with Crippen molar-refractivity contribution in [3.63, 3.8) is 0 Å². The molecule has 10 heteroatoms. The van der Waals surface area contributed by atoms with Crippen LogP contribution in [0.1, 0.15) is 54.0 Å². The minimum Gasteiger partial charge on any atom is -0.485 e. The minimum absolute atomic E-state index is 0.247. The first-order chi connectivity index (χ1) is 13.8. The summed E-state index contributed by atoms with van der Waals surface area (Å²) in [5.74, 6) is -2.03. The molecule has 2 rings (SSSR count). The van der Waals surface area contributed by atoms with Crippen LogP contribution in [0.15, 0.2) is 18.2 Å². The Morgan fingerprint density at radius 3 is 2.03 bits per heavy atom. The van der Waals surface area contributed by atoms with Crippen molar-refractivity contribution in [2.45, 2.75) is 60.9 Å². The summed E-state index contributed by atoms with van der Waals surface area (Å²) in [4.78, 5) is 34.5. The van der Waals surface area contributed by atoms with Crippen LogP contribution in [0, 0.1) is 5.41 Å². The Labute approximate surface area is 176 Å². The molecule has 166 valence electrons. The summed E-state index contributed by atoms with van der Waals surface area (Å²) in [6, 6.07) is 5.09. The zero-order valence-corrected chi connectivity index (χ0v) is 19.3. The van der Waals surface area contributed by atoms with Crippen LogP contribution in [-0.4, -0.2) is 38.7 Å². The summed E-state index contributed by atoms with van der Waals surface area (Å²) in [6.07, 6.45) is -0.425. The number of hydrogen-bond donors (Lipinski definition) is 0. The first kappa shape index (κ1) is 23.7. The highest BCUT2D eigenvalue weighted by Crippen LogP contribution is 2.42. The predicted octanol–water partition coefficient (Wildman–Crippen LogP) is 2.90. The van der Waals surface area contributed by atoms with Gasteiger partial charge in [0.15, 0.2) is 6.23 Å². The second-order valence-electron chi connectivity index (χ2n) is 8.11. The lowest BCUT2D eigenvalue weighted by Crippen LogP contribution is -2.54. The first-order valence-electron chi connectivity index (χ1n) is 9.43. The molecule has 1 aromatic rings. The van der Waals surface area contributed by atoms with Gasteiger partial charge in [0.2, 0.25) is 5.79 Å². The predicted molar refractivity (Wildman–Crippen MR) is 106 cm³/mol. The van der Waals surface area contributed by atoms with Crippen LogP contribution >= 0.6 is 0 Å². The third-order valence-corrected chi connectivity index (χ3v) is 6.81. The van der Waals surface area contributed by atoms with Gasteiger partial charge < -0.3 is 27.5 Å². The Morgan fingerprint density at radius 2 is 1.57 bits per heavy atom. The standard InChI is InChI=1S/C20H28O9Si/c1-13(21)27-30(28-14(2)22,29-15(3)23)12-24-17-8-9-18-16(10-17)11-25-20(7,26-18)19(4,5)6/h8-10H,11-12H2,1-7H3. The van der Waals surface area contributed by atoms with Crippen molar-refractivity contribution in [2.75, 3.05) is 6.23 Å². The molecule has 0 saturated heterocycles. The van der Waals surface area contributed by atoms with Crippen LogP contribution in [0.3, 0.4) is 0 Å². The molecule has 0 aromatic heterocycles. The third kappa shape index (κ3) is 5.73. The van der Waals surface area contributed by atoms with Crippen LogP contribution < -0.4 is 9.47 Å². The van der Waals surface area contributed by atoms with E-state index in [1.54, 1.807) is 18.2 Å². The molecule has 30 heavy (non-hydrogen) atoms. The Kier molecular flexibility index (Phi) is 6.82. The molecule has 0 fully saturated rings. The quantitative estimate of drug-likeness (QED) is 0.617. The van der Waals surface area contributed by atoms with Gasteiger partial charge in [0.05, 0.1) is 6.61 Å². The van der Waals surface area contributed by atoms with E-state index in [1.165, 1.54) is 0 Å². The summed E-state index contributed by atoms with van der Waals surface area (Å²) in [7, 11) is -4.08. The molecule has 0 saturated carbocycles. The highest BCUT2D eigenvalue weighted by Gasteiger charge is 2.54. The maximum atomic E-state index is 11.5. The largest absolute Gasteiger partial charge is 0.745 e. The van der Waals surface area contributed by atoms with Crippen molar-refractivity contribution in [1.29, 1.82) is 0 Å². The Balaban J connectivity index is 2.21. The smallest absolute Gasteiger partial charge is 0.485 e. The number of carbonyl (C=O) groups excluding carboxylic acids is 3. The molecular formula is C20H28O9Si. The Hall–Kier alpha value is -2.59.